The highest BCUT2D eigenvalue weighted by Crippen LogP contribution is 2.48. The van der Waals surface area contributed by atoms with Crippen molar-refractivity contribution in [3.05, 3.63) is 49.9 Å². The van der Waals surface area contributed by atoms with Crippen LogP contribution in [0, 0.1) is 6.92 Å². The summed E-state index contributed by atoms with van der Waals surface area (Å²) < 4.78 is 23.9. The fourth-order valence-corrected chi connectivity index (χ4v) is 4.72. The summed E-state index contributed by atoms with van der Waals surface area (Å²) >= 11 is 6.98. The molecule has 2 aromatic rings. The zero-order valence-electron chi connectivity index (χ0n) is 14.9. The van der Waals surface area contributed by atoms with Crippen LogP contribution in [0.5, 0.6) is 17.2 Å². The molecular weight excluding hydrogens is 487 g/mol. The average molecular weight is 508 g/mol. The molecular formula is C18H21Br2O5P. The standard InChI is InChI=1S/C18H21Br2O5P/c1-10(2)14-8-13(5-6-16(14)21)25-18-15(19)7-12(11(3)17(18)20)9-26(22,23)24-4/h5-8,10,21H,9H2,1-4H3,(H,22,23). The molecule has 1 atom stereocenters. The van der Waals surface area contributed by atoms with Crippen LogP contribution in [0.4, 0.5) is 0 Å². The summed E-state index contributed by atoms with van der Waals surface area (Å²) in [5.41, 5.74) is 2.26. The van der Waals surface area contributed by atoms with Crippen molar-refractivity contribution in [1.82, 2.24) is 0 Å². The molecule has 0 saturated carbocycles. The van der Waals surface area contributed by atoms with Crippen molar-refractivity contribution >= 4 is 39.5 Å². The van der Waals surface area contributed by atoms with Crippen molar-refractivity contribution in [3.63, 3.8) is 0 Å². The Morgan fingerprint density at radius 3 is 2.46 bits per heavy atom. The topological polar surface area (TPSA) is 76.0 Å². The van der Waals surface area contributed by atoms with E-state index in [9.17, 15) is 14.6 Å². The maximum atomic E-state index is 11.9. The Kier molecular flexibility index (Phi) is 6.97. The number of ether oxygens (including phenoxy) is 1. The summed E-state index contributed by atoms with van der Waals surface area (Å²) in [6, 6.07) is 6.85. The Bertz CT molecular complexity index is 867. The number of hydrogen-bond donors (Lipinski definition) is 2. The van der Waals surface area contributed by atoms with Crippen LogP contribution in [0.3, 0.4) is 0 Å². The Morgan fingerprint density at radius 2 is 1.88 bits per heavy atom. The molecule has 0 aliphatic heterocycles. The smallest absolute Gasteiger partial charge is 0.332 e. The zero-order valence-corrected chi connectivity index (χ0v) is 19.0. The average Bonchev–Trinajstić information content (AvgIpc) is 2.57. The summed E-state index contributed by atoms with van der Waals surface area (Å²) in [5.74, 6) is 1.53. The van der Waals surface area contributed by atoms with Crippen molar-refractivity contribution in [3.8, 4) is 17.2 Å². The van der Waals surface area contributed by atoms with E-state index >= 15 is 0 Å². The number of rotatable bonds is 6. The van der Waals surface area contributed by atoms with Crippen molar-refractivity contribution in [2.75, 3.05) is 7.11 Å². The first kappa shape index (κ1) is 21.5. The van der Waals surface area contributed by atoms with Gasteiger partial charge >= 0.3 is 7.60 Å². The number of hydrogen-bond acceptors (Lipinski definition) is 4. The Balaban J connectivity index is 2.41. The first-order valence-electron chi connectivity index (χ1n) is 7.91. The maximum absolute atomic E-state index is 11.9. The Morgan fingerprint density at radius 1 is 1.23 bits per heavy atom. The number of aromatic hydroxyl groups is 1. The monoisotopic (exact) mass is 506 g/mol. The summed E-state index contributed by atoms with van der Waals surface area (Å²) in [7, 11) is -2.46. The Labute approximate surface area is 170 Å². The van der Waals surface area contributed by atoms with Crippen molar-refractivity contribution < 1.29 is 23.8 Å². The third kappa shape index (κ3) is 4.90. The lowest BCUT2D eigenvalue weighted by Gasteiger charge is -2.18. The van der Waals surface area contributed by atoms with E-state index in [-0.39, 0.29) is 17.8 Å². The highest BCUT2D eigenvalue weighted by Gasteiger charge is 2.23. The summed E-state index contributed by atoms with van der Waals surface area (Å²) in [5, 5.41) is 9.96. The summed E-state index contributed by atoms with van der Waals surface area (Å²) in [6.07, 6.45) is -0.0937. The molecule has 0 aromatic heterocycles. The van der Waals surface area contributed by atoms with Crippen molar-refractivity contribution in [1.29, 1.82) is 0 Å². The highest BCUT2D eigenvalue weighted by atomic mass is 79.9. The minimum absolute atomic E-state index is 0.0937. The second kappa shape index (κ2) is 8.44. The molecule has 0 aliphatic carbocycles. The second-order valence-corrected chi connectivity index (χ2v) is 9.84. The molecule has 0 spiro atoms. The normalized spacial score (nSPS) is 13.7. The highest BCUT2D eigenvalue weighted by molar-refractivity contribution is 9.11. The van der Waals surface area contributed by atoms with Crippen LogP contribution in [0.15, 0.2) is 33.2 Å². The molecule has 2 rings (SSSR count). The van der Waals surface area contributed by atoms with Gasteiger partial charge in [-0.05, 0) is 80.1 Å². The molecule has 0 bridgehead atoms. The van der Waals surface area contributed by atoms with Gasteiger partial charge in [0.15, 0.2) is 5.75 Å². The quantitative estimate of drug-likeness (QED) is 0.438. The largest absolute Gasteiger partial charge is 0.508 e. The predicted octanol–water partition coefficient (Wildman–Crippen LogP) is 6.47. The molecule has 0 fully saturated rings. The minimum atomic E-state index is -3.68. The van der Waals surface area contributed by atoms with E-state index in [1.165, 1.54) is 7.11 Å². The molecule has 5 nitrogen and oxygen atoms in total. The van der Waals surface area contributed by atoms with E-state index in [0.717, 1.165) is 11.1 Å². The fraction of sp³-hybridized carbons (Fsp3) is 0.333. The van der Waals surface area contributed by atoms with Gasteiger partial charge in [0.25, 0.3) is 0 Å². The minimum Gasteiger partial charge on any atom is -0.508 e. The lowest BCUT2D eigenvalue weighted by Crippen LogP contribution is -1.98. The van der Waals surface area contributed by atoms with E-state index in [4.69, 9.17) is 4.74 Å². The molecule has 0 amide bonds. The summed E-state index contributed by atoms with van der Waals surface area (Å²) in [4.78, 5) is 9.74. The van der Waals surface area contributed by atoms with Gasteiger partial charge in [0.05, 0.1) is 15.1 Å². The van der Waals surface area contributed by atoms with E-state index in [2.05, 4.69) is 36.4 Å². The van der Waals surface area contributed by atoms with Gasteiger partial charge in [-0.2, -0.15) is 0 Å². The third-order valence-electron chi connectivity index (χ3n) is 4.02. The van der Waals surface area contributed by atoms with Gasteiger partial charge in [0, 0.05) is 12.7 Å². The van der Waals surface area contributed by atoms with E-state index in [0.29, 0.717) is 26.0 Å². The van der Waals surface area contributed by atoms with E-state index < -0.39 is 7.60 Å². The molecule has 0 saturated heterocycles. The van der Waals surface area contributed by atoms with Gasteiger partial charge in [-0.15, -0.1) is 0 Å². The number of halogens is 2. The molecule has 26 heavy (non-hydrogen) atoms. The Hall–Kier alpha value is -0.850. The summed E-state index contributed by atoms with van der Waals surface area (Å²) in [6.45, 7) is 5.82. The molecule has 2 N–H and O–H groups in total. The molecule has 8 heteroatoms. The second-order valence-electron chi connectivity index (χ2n) is 6.24. The number of phenols is 1. The van der Waals surface area contributed by atoms with Gasteiger partial charge in [0.1, 0.15) is 11.5 Å². The molecule has 0 aliphatic rings. The van der Waals surface area contributed by atoms with Crippen LogP contribution in [0.1, 0.15) is 36.5 Å². The van der Waals surface area contributed by atoms with Crippen LogP contribution in [0.2, 0.25) is 0 Å². The lowest BCUT2D eigenvalue weighted by molar-refractivity contribution is 0.314. The maximum Gasteiger partial charge on any atom is 0.332 e. The van der Waals surface area contributed by atoms with Gasteiger partial charge in [-0.25, -0.2) is 0 Å². The molecule has 2 aromatic carbocycles. The zero-order chi connectivity index (χ0) is 19.6. The fourth-order valence-electron chi connectivity index (χ4n) is 2.46. The lowest BCUT2D eigenvalue weighted by atomic mass is 10.0. The first-order valence-corrected chi connectivity index (χ1v) is 11.3. The van der Waals surface area contributed by atoms with Gasteiger partial charge in [-0.1, -0.05) is 13.8 Å². The van der Waals surface area contributed by atoms with Crippen LogP contribution in [0.25, 0.3) is 0 Å². The predicted molar refractivity (Wildman–Crippen MR) is 109 cm³/mol. The van der Waals surface area contributed by atoms with E-state index in [1.54, 1.807) is 24.3 Å². The first-order chi connectivity index (χ1) is 12.1. The molecule has 142 valence electrons. The number of phenolic OH excluding ortho intramolecular Hbond substituents is 1. The third-order valence-corrected chi connectivity index (χ3v) is 6.88. The van der Waals surface area contributed by atoms with Gasteiger partial charge in [0.2, 0.25) is 0 Å². The van der Waals surface area contributed by atoms with Gasteiger partial charge in [-0.3, -0.25) is 4.57 Å². The van der Waals surface area contributed by atoms with Crippen LogP contribution in [-0.4, -0.2) is 17.1 Å². The SMILES string of the molecule is COP(=O)(O)Cc1cc(Br)c(Oc2ccc(O)c(C(C)C)c2)c(Br)c1C. The molecule has 0 radical (unpaired) electrons. The van der Waals surface area contributed by atoms with Gasteiger partial charge < -0.3 is 19.3 Å². The van der Waals surface area contributed by atoms with E-state index in [1.807, 2.05) is 20.8 Å². The van der Waals surface area contributed by atoms with Crippen LogP contribution >= 0.6 is 39.5 Å². The van der Waals surface area contributed by atoms with Crippen molar-refractivity contribution in [2.24, 2.45) is 0 Å². The van der Waals surface area contributed by atoms with Crippen LogP contribution in [-0.2, 0) is 15.3 Å². The molecule has 0 heterocycles. The molecule has 1 unspecified atom stereocenters. The van der Waals surface area contributed by atoms with Crippen molar-refractivity contribution in [2.45, 2.75) is 32.9 Å². The van der Waals surface area contributed by atoms with Crippen LogP contribution < -0.4 is 4.74 Å². The number of benzene rings is 2.